The van der Waals surface area contributed by atoms with Gasteiger partial charge in [-0.15, -0.1) is 0 Å². The van der Waals surface area contributed by atoms with Gasteiger partial charge in [0.2, 0.25) is 10.0 Å². The van der Waals surface area contributed by atoms with Crippen LogP contribution < -0.4 is 5.32 Å². The fourth-order valence-electron chi connectivity index (χ4n) is 1.87. The van der Waals surface area contributed by atoms with Crippen LogP contribution >= 0.6 is 15.9 Å². The summed E-state index contributed by atoms with van der Waals surface area (Å²) in [6.45, 7) is 0.469. The van der Waals surface area contributed by atoms with Crippen LogP contribution in [-0.2, 0) is 10.0 Å². The average Bonchev–Trinajstić information content (AvgIpc) is 2.76. The Kier molecular flexibility index (Phi) is 3.90. The number of aliphatic hydroxyl groups is 1. The lowest BCUT2D eigenvalue weighted by Crippen LogP contribution is -2.30. The number of aliphatic hydroxyl groups excluding tert-OH is 1. The fraction of sp³-hybridized carbons (Fsp3) is 0.500. The van der Waals surface area contributed by atoms with E-state index in [0.717, 1.165) is 0 Å². The van der Waals surface area contributed by atoms with Crippen LogP contribution in [-0.4, -0.2) is 49.1 Å². The van der Waals surface area contributed by atoms with Crippen molar-refractivity contribution in [1.29, 1.82) is 0 Å². The maximum absolute atomic E-state index is 12.4. The maximum atomic E-state index is 12.4. The van der Waals surface area contributed by atoms with Crippen molar-refractivity contribution < 1.29 is 13.5 Å². The molecule has 2 heterocycles. The minimum Gasteiger partial charge on any atom is -0.392 e. The molecule has 1 aromatic rings. The molecule has 18 heavy (non-hydrogen) atoms. The number of nitrogens with one attached hydrogen (secondary N) is 1. The summed E-state index contributed by atoms with van der Waals surface area (Å²) in [6, 6.07) is 1.51. The molecule has 100 valence electrons. The number of halogens is 1. The Morgan fingerprint density at radius 3 is 2.89 bits per heavy atom. The molecule has 2 N–H and O–H groups in total. The van der Waals surface area contributed by atoms with Gasteiger partial charge in [0, 0.05) is 30.8 Å². The first-order chi connectivity index (χ1) is 8.45. The third-order valence-electron chi connectivity index (χ3n) is 2.80. The molecule has 1 fully saturated rings. The van der Waals surface area contributed by atoms with Crippen molar-refractivity contribution in [2.45, 2.75) is 17.4 Å². The van der Waals surface area contributed by atoms with Gasteiger partial charge in [0.1, 0.15) is 10.7 Å². The summed E-state index contributed by atoms with van der Waals surface area (Å²) in [7, 11) is -2.00. The SMILES string of the molecule is CNc1ncc(Br)cc1S(=O)(=O)N1CCC(O)C1. The summed E-state index contributed by atoms with van der Waals surface area (Å²) in [5.41, 5.74) is 0. The van der Waals surface area contributed by atoms with E-state index in [0.29, 0.717) is 23.3 Å². The molecule has 0 radical (unpaired) electrons. The van der Waals surface area contributed by atoms with Crippen LogP contribution in [0.5, 0.6) is 0 Å². The fourth-order valence-corrected chi connectivity index (χ4v) is 4.02. The Morgan fingerprint density at radius 2 is 2.33 bits per heavy atom. The highest BCUT2D eigenvalue weighted by Crippen LogP contribution is 2.27. The van der Waals surface area contributed by atoms with Crippen LogP contribution in [0.25, 0.3) is 0 Å². The van der Waals surface area contributed by atoms with Crippen LogP contribution in [0.15, 0.2) is 21.6 Å². The van der Waals surface area contributed by atoms with E-state index in [1.807, 2.05) is 0 Å². The molecular weight excluding hydrogens is 322 g/mol. The van der Waals surface area contributed by atoms with E-state index in [1.165, 1.54) is 16.6 Å². The quantitative estimate of drug-likeness (QED) is 0.847. The van der Waals surface area contributed by atoms with E-state index >= 15 is 0 Å². The van der Waals surface area contributed by atoms with E-state index in [2.05, 4.69) is 26.2 Å². The topological polar surface area (TPSA) is 82.5 Å². The molecule has 1 aromatic heterocycles. The number of rotatable bonds is 3. The molecule has 0 spiro atoms. The predicted octanol–water partition coefficient (Wildman–Crippen LogP) is 0.641. The van der Waals surface area contributed by atoms with Gasteiger partial charge >= 0.3 is 0 Å². The van der Waals surface area contributed by atoms with E-state index in [4.69, 9.17) is 0 Å². The van der Waals surface area contributed by atoms with E-state index in [1.54, 1.807) is 7.05 Å². The van der Waals surface area contributed by atoms with Crippen molar-refractivity contribution in [3.05, 3.63) is 16.7 Å². The Bertz CT molecular complexity index is 549. The highest BCUT2D eigenvalue weighted by Gasteiger charge is 2.33. The normalized spacial score (nSPS) is 21.2. The van der Waals surface area contributed by atoms with Crippen LogP contribution in [0, 0.1) is 0 Å². The predicted molar refractivity (Wildman–Crippen MR) is 70.9 cm³/mol. The van der Waals surface area contributed by atoms with Gasteiger partial charge in [-0.05, 0) is 28.4 Å². The molecule has 0 saturated carbocycles. The summed E-state index contributed by atoms with van der Waals surface area (Å²) in [5.74, 6) is 0.305. The molecule has 0 aliphatic carbocycles. The van der Waals surface area contributed by atoms with Gasteiger partial charge in [-0.3, -0.25) is 0 Å². The van der Waals surface area contributed by atoms with E-state index in [9.17, 15) is 13.5 Å². The van der Waals surface area contributed by atoms with Crippen molar-refractivity contribution in [2.24, 2.45) is 0 Å². The highest BCUT2D eigenvalue weighted by atomic mass is 79.9. The molecule has 1 aliphatic rings. The second-order valence-corrected chi connectivity index (χ2v) is 6.88. The monoisotopic (exact) mass is 335 g/mol. The average molecular weight is 336 g/mol. The number of hydrogen-bond acceptors (Lipinski definition) is 5. The highest BCUT2D eigenvalue weighted by molar-refractivity contribution is 9.10. The number of β-amino-alcohol motifs (C(OH)–C–C–N with tert-alkyl or cyclic N) is 1. The Hall–Kier alpha value is -0.700. The van der Waals surface area contributed by atoms with Crippen molar-refractivity contribution in [2.75, 3.05) is 25.5 Å². The summed E-state index contributed by atoms with van der Waals surface area (Å²) in [4.78, 5) is 4.15. The van der Waals surface area contributed by atoms with Crippen LogP contribution in [0.3, 0.4) is 0 Å². The number of hydrogen-bond donors (Lipinski definition) is 2. The Morgan fingerprint density at radius 1 is 1.61 bits per heavy atom. The number of anilines is 1. The van der Waals surface area contributed by atoms with Gasteiger partial charge in [0.25, 0.3) is 0 Å². The maximum Gasteiger partial charge on any atom is 0.246 e. The van der Waals surface area contributed by atoms with E-state index in [-0.39, 0.29) is 11.4 Å². The minimum absolute atomic E-state index is 0.119. The Balaban J connectivity index is 2.43. The number of nitrogens with zero attached hydrogens (tertiary/aromatic N) is 2. The number of sulfonamides is 1. The van der Waals surface area contributed by atoms with E-state index < -0.39 is 16.1 Å². The van der Waals surface area contributed by atoms with Gasteiger partial charge in [0.05, 0.1) is 6.10 Å². The third-order valence-corrected chi connectivity index (χ3v) is 5.11. The first kappa shape index (κ1) is 13.7. The van der Waals surface area contributed by atoms with Crippen LogP contribution in [0.4, 0.5) is 5.82 Å². The van der Waals surface area contributed by atoms with Gasteiger partial charge in [-0.2, -0.15) is 4.31 Å². The van der Waals surface area contributed by atoms with Crippen LogP contribution in [0.2, 0.25) is 0 Å². The zero-order chi connectivity index (χ0) is 13.3. The second-order valence-electron chi connectivity index (χ2n) is 4.06. The van der Waals surface area contributed by atoms with Crippen molar-refractivity contribution in [3.8, 4) is 0 Å². The minimum atomic E-state index is -3.62. The molecular formula is C10H14BrN3O3S. The van der Waals surface area contributed by atoms with Gasteiger partial charge in [-0.25, -0.2) is 13.4 Å². The molecule has 6 nitrogen and oxygen atoms in total. The van der Waals surface area contributed by atoms with Gasteiger partial charge in [-0.1, -0.05) is 0 Å². The Labute approximate surface area is 114 Å². The molecule has 0 bridgehead atoms. The summed E-state index contributed by atoms with van der Waals surface area (Å²) in [5, 5.41) is 12.2. The number of aromatic nitrogens is 1. The summed E-state index contributed by atoms with van der Waals surface area (Å²) in [6.07, 6.45) is 1.41. The first-order valence-electron chi connectivity index (χ1n) is 5.46. The smallest absolute Gasteiger partial charge is 0.246 e. The van der Waals surface area contributed by atoms with Crippen LogP contribution in [0.1, 0.15) is 6.42 Å². The molecule has 0 amide bonds. The molecule has 1 unspecified atom stereocenters. The van der Waals surface area contributed by atoms with Gasteiger partial charge < -0.3 is 10.4 Å². The molecule has 1 atom stereocenters. The van der Waals surface area contributed by atoms with Gasteiger partial charge in [0.15, 0.2) is 0 Å². The lowest BCUT2D eigenvalue weighted by Gasteiger charge is -2.17. The zero-order valence-corrected chi connectivity index (χ0v) is 12.2. The largest absolute Gasteiger partial charge is 0.392 e. The molecule has 8 heteroatoms. The van der Waals surface area contributed by atoms with Crippen molar-refractivity contribution in [3.63, 3.8) is 0 Å². The lowest BCUT2D eigenvalue weighted by atomic mass is 10.3. The van der Waals surface area contributed by atoms with Crippen molar-refractivity contribution in [1.82, 2.24) is 9.29 Å². The molecule has 1 saturated heterocycles. The lowest BCUT2D eigenvalue weighted by molar-refractivity contribution is 0.189. The summed E-state index contributed by atoms with van der Waals surface area (Å²) < 4.78 is 26.7. The molecule has 2 rings (SSSR count). The second kappa shape index (κ2) is 5.12. The molecule has 0 aromatic carbocycles. The first-order valence-corrected chi connectivity index (χ1v) is 7.70. The molecule has 1 aliphatic heterocycles. The van der Waals surface area contributed by atoms with Crippen molar-refractivity contribution >= 4 is 31.8 Å². The standard InChI is InChI=1S/C10H14BrN3O3S/c1-12-10-9(4-7(11)5-13-10)18(16,17)14-3-2-8(15)6-14/h4-5,8,15H,2-3,6H2,1H3,(H,12,13). The third kappa shape index (κ3) is 2.51. The summed E-state index contributed by atoms with van der Waals surface area (Å²) >= 11 is 3.22. The number of pyridine rings is 1. The zero-order valence-electron chi connectivity index (χ0n) is 9.80.